The number of cyclic esters (lactones) is 1. The lowest BCUT2D eigenvalue weighted by molar-refractivity contribution is -0.175. The first kappa shape index (κ1) is 11.0. The van der Waals surface area contributed by atoms with Gasteiger partial charge in [0.2, 0.25) is 0 Å². The molecular formula is C15H20O3. The Kier molecular flexibility index (Phi) is 1.83. The number of esters is 1. The van der Waals surface area contributed by atoms with E-state index in [1.807, 2.05) is 0 Å². The van der Waals surface area contributed by atoms with Crippen LogP contribution in [0.4, 0.5) is 0 Å². The summed E-state index contributed by atoms with van der Waals surface area (Å²) in [5.41, 5.74) is 0.259. The molecule has 2 bridgehead atoms. The summed E-state index contributed by atoms with van der Waals surface area (Å²) in [5.74, 6) is 1.44. The Labute approximate surface area is 107 Å². The molecule has 3 heteroatoms. The molecule has 3 nitrogen and oxygen atoms in total. The van der Waals surface area contributed by atoms with Crippen LogP contribution in [0.3, 0.4) is 0 Å². The van der Waals surface area contributed by atoms with Gasteiger partial charge in [-0.15, -0.1) is 0 Å². The number of carbonyl (C=O) groups is 2. The van der Waals surface area contributed by atoms with E-state index in [2.05, 4.69) is 13.8 Å². The maximum absolute atomic E-state index is 12.3. The zero-order valence-corrected chi connectivity index (χ0v) is 11.1. The molecule has 0 aromatic heterocycles. The second kappa shape index (κ2) is 3.00. The van der Waals surface area contributed by atoms with Crippen molar-refractivity contribution in [2.24, 2.45) is 34.5 Å². The predicted molar refractivity (Wildman–Crippen MR) is 64.6 cm³/mol. The van der Waals surface area contributed by atoms with Gasteiger partial charge in [0.05, 0.1) is 11.8 Å². The zero-order valence-electron chi connectivity index (χ0n) is 11.1. The molecule has 4 aliphatic rings. The second-order valence-electron chi connectivity index (χ2n) is 7.47. The molecule has 98 valence electrons. The minimum absolute atomic E-state index is 0.00530. The Morgan fingerprint density at radius 2 is 1.89 bits per heavy atom. The number of carbonyl (C=O) groups excluding carboxylic acids is 2. The number of Topliss-reactive ketones (excluding diaryl/α,β-unsaturated/α-hetero) is 1. The van der Waals surface area contributed by atoms with E-state index in [4.69, 9.17) is 4.74 Å². The molecule has 0 amide bonds. The molecular weight excluding hydrogens is 228 g/mol. The normalized spacial score (nSPS) is 52.1. The average molecular weight is 248 g/mol. The fourth-order valence-electron chi connectivity index (χ4n) is 6.03. The van der Waals surface area contributed by atoms with Gasteiger partial charge >= 0.3 is 5.97 Å². The second-order valence-corrected chi connectivity index (χ2v) is 7.47. The average Bonchev–Trinajstić information content (AvgIpc) is 2.60. The van der Waals surface area contributed by atoms with Crippen LogP contribution in [0.5, 0.6) is 0 Å². The van der Waals surface area contributed by atoms with E-state index in [0.717, 1.165) is 19.3 Å². The Balaban J connectivity index is 1.90. The molecule has 18 heavy (non-hydrogen) atoms. The van der Waals surface area contributed by atoms with Crippen molar-refractivity contribution in [1.29, 1.82) is 0 Å². The molecule has 1 spiro atoms. The quantitative estimate of drug-likeness (QED) is 0.617. The molecule has 1 saturated heterocycles. The van der Waals surface area contributed by atoms with Gasteiger partial charge < -0.3 is 4.74 Å². The fourth-order valence-corrected chi connectivity index (χ4v) is 6.03. The van der Waals surface area contributed by atoms with Gasteiger partial charge in [-0.3, -0.25) is 9.59 Å². The van der Waals surface area contributed by atoms with Gasteiger partial charge in [-0.25, -0.2) is 0 Å². The van der Waals surface area contributed by atoms with E-state index in [1.165, 1.54) is 0 Å². The van der Waals surface area contributed by atoms with Crippen molar-refractivity contribution in [3.05, 3.63) is 0 Å². The number of rotatable bonds is 0. The molecule has 1 heterocycles. The highest BCUT2D eigenvalue weighted by atomic mass is 16.5. The third-order valence-corrected chi connectivity index (χ3v) is 6.49. The number of ether oxygens (including phenoxy) is 1. The lowest BCUT2D eigenvalue weighted by atomic mass is 9.58. The van der Waals surface area contributed by atoms with E-state index < -0.39 is 0 Å². The largest absolute Gasteiger partial charge is 0.465 e. The van der Waals surface area contributed by atoms with Crippen LogP contribution in [-0.4, -0.2) is 18.4 Å². The van der Waals surface area contributed by atoms with Gasteiger partial charge in [-0.2, -0.15) is 0 Å². The highest BCUT2D eigenvalue weighted by molar-refractivity contribution is 5.89. The first-order chi connectivity index (χ1) is 8.47. The summed E-state index contributed by atoms with van der Waals surface area (Å²) in [5, 5.41) is 0. The summed E-state index contributed by atoms with van der Waals surface area (Å²) < 4.78 is 5.30. The molecule has 3 saturated carbocycles. The van der Waals surface area contributed by atoms with Crippen molar-refractivity contribution >= 4 is 11.8 Å². The van der Waals surface area contributed by atoms with Crippen LogP contribution in [0.15, 0.2) is 0 Å². The zero-order chi connectivity index (χ0) is 12.7. The van der Waals surface area contributed by atoms with Gasteiger partial charge in [-0.05, 0) is 36.5 Å². The summed E-state index contributed by atoms with van der Waals surface area (Å²) in [4.78, 5) is 24.4. The molecule has 0 unspecified atom stereocenters. The summed E-state index contributed by atoms with van der Waals surface area (Å²) >= 11 is 0. The Morgan fingerprint density at radius 1 is 1.11 bits per heavy atom. The summed E-state index contributed by atoms with van der Waals surface area (Å²) in [6, 6.07) is 0. The SMILES string of the molecule is CC1(C)C[C@@]23[C@@H]4CC[C@@H]1[C@@H]2CC(=O)[C@@H]3COC4=O. The Bertz CT molecular complexity index is 451. The van der Waals surface area contributed by atoms with Crippen LogP contribution in [0.25, 0.3) is 0 Å². The van der Waals surface area contributed by atoms with Crippen LogP contribution in [0, 0.1) is 34.5 Å². The molecule has 4 fully saturated rings. The van der Waals surface area contributed by atoms with Gasteiger partial charge in [0, 0.05) is 11.8 Å². The van der Waals surface area contributed by atoms with Crippen molar-refractivity contribution in [3.63, 3.8) is 0 Å². The van der Waals surface area contributed by atoms with Crippen molar-refractivity contribution < 1.29 is 14.3 Å². The topological polar surface area (TPSA) is 43.4 Å². The summed E-state index contributed by atoms with van der Waals surface area (Å²) in [6.45, 7) is 5.01. The van der Waals surface area contributed by atoms with E-state index >= 15 is 0 Å². The van der Waals surface area contributed by atoms with Crippen molar-refractivity contribution in [1.82, 2.24) is 0 Å². The van der Waals surface area contributed by atoms with Gasteiger partial charge in [0.15, 0.2) is 0 Å². The molecule has 0 radical (unpaired) electrons. The maximum Gasteiger partial charge on any atom is 0.309 e. The molecule has 5 atom stereocenters. The van der Waals surface area contributed by atoms with Gasteiger partial charge in [-0.1, -0.05) is 13.8 Å². The van der Waals surface area contributed by atoms with Crippen LogP contribution in [0.2, 0.25) is 0 Å². The lowest BCUT2D eigenvalue weighted by Gasteiger charge is -2.47. The first-order valence-corrected chi connectivity index (χ1v) is 7.16. The van der Waals surface area contributed by atoms with E-state index in [1.54, 1.807) is 0 Å². The summed E-state index contributed by atoms with van der Waals surface area (Å²) in [6.07, 6.45) is 3.78. The molecule has 4 rings (SSSR count). The van der Waals surface area contributed by atoms with Crippen LogP contribution in [0.1, 0.15) is 39.5 Å². The monoisotopic (exact) mass is 248 g/mol. The van der Waals surface area contributed by atoms with E-state index in [0.29, 0.717) is 30.6 Å². The van der Waals surface area contributed by atoms with E-state index in [9.17, 15) is 9.59 Å². The third-order valence-electron chi connectivity index (χ3n) is 6.49. The molecule has 0 aromatic rings. The molecule has 0 aromatic carbocycles. The van der Waals surface area contributed by atoms with Crippen LogP contribution < -0.4 is 0 Å². The highest BCUT2D eigenvalue weighted by Crippen LogP contribution is 2.73. The predicted octanol–water partition coefficient (Wildman–Crippen LogP) is 2.19. The Hall–Kier alpha value is -0.860. The van der Waals surface area contributed by atoms with Crippen LogP contribution >= 0.6 is 0 Å². The first-order valence-electron chi connectivity index (χ1n) is 7.16. The fraction of sp³-hybridized carbons (Fsp3) is 0.867. The standard InChI is InChI=1S/C15H20O3/c1-14(2)7-15-9-4-3-8(14)10(15)5-12(16)11(15)6-18-13(9)17/h8-11H,3-7H2,1-2H3/t8-,9-,10+,11+,15-/m1/s1. The van der Waals surface area contributed by atoms with Crippen molar-refractivity contribution in [2.45, 2.75) is 39.5 Å². The maximum atomic E-state index is 12.3. The number of hydrogen-bond acceptors (Lipinski definition) is 3. The van der Waals surface area contributed by atoms with Gasteiger partial charge in [0.1, 0.15) is 12.4 Å². The number of ketones is 1. The summed E-state index contributed by atoms with van der Waals surface area (Å²) in [7, 11) is 0. The highest BCUT2D eigenvalue weighted by Gasteiger charge is 2.72. The third kappa shape index (κ3) is 0.996. The molecule has 3 aliphatic carbocycles. The lowest BCUT2D eigenvalue weighted by Crippen LogP contribution is -2.51. The minimum Gasteiger partial charge on any atom is -0.465 e. The van der Waals surface area contributed by atoms with Crippen molar-refractivity contribution in [3.8, 4) is 0 Å². The van der Waals surface area contributed by atoms with Gasteiger partial charge in [0.25, 0.3) is 0 Å². The molecule has 0 N–H and O–H groups in total. The van der Waals surface area contributed by atoms with Crippen molar-refractivity contribution in [2.75, 3.05) is 6.61 Å². The molecule has 1 aliphatic heterocycles. The number of hydrogen-bond donors (Lipinski definition) is 0. The Morgan fingerprint density at radius 3 is 2.67 bits per heavy atom. The smallest absolute Gasteiger partial charge is 0.309 e. The van der Waals surface area contributed by atoms with E-state index in [-0.39, 0.29) is 28.6 Å². The van der Waals surface area contributed by atoms with Crippen LogP contribution in [-0.2, 0) is 14.3 Å². The minimum atomic E-state index is -0.0289.